The number of benzene rings is 2. The first-order chi connectivity index (χ1) is 15.5. The normalized spacial score (nSPS) is 19.9. The van der Waals surface area contributed by atoms with Crippen molar-refractivity contribution < 1.29 is 13.9 Å². The number of hydrogen-bond acceptors (Lipinski definition) is 4. The average Bonchev–Trinajstić information content (AvgIpc) is 3.22. The molecule has 1 atom stereocenters. The van der Waals surface area contributed by atoms with E-state index in [4.69, 9.17) is 15.5 Å². The summed E-state index contributed by atoms with van der Waals surface area (Å²) in [5.41, 5.74) is 9.40. The van der Waals surface area contributed by atoms with Crippen LogP contribution in [0.25, 0.3) is 21.9 Å². The first-order valence-electron chi connectivity index (χ1n) is 10.9. The van der Waals surface area contributed by atoms with Gasteiger partial charge in [-0.3, -0.25) is 9.78 Å². The molecule has 0 spiro atoms. The van der Waals surface area contributed by atoms with E-state index < -0.39 is 5.91 Å². The Bertz CT molecular complexity index is 1290. The highest BCUT2D eigenvalue weighted by atomic mass is 19.1. The van der Waals surface area contributed by atoms with Gasteiger partial charge < -0.3 is 15.5 Å². The molecule has 4 aromatic rings. The van der Waals surface area contributed by atoms with E-state index in [1.807, 2.05) is 12.3 Å². The Morgan fingerprint density at radius 3 is 2.66 bits per heavy atom. The molecule has 1 fully saturated rings. The Morgan fingerprint density at radius 2 is 1.91 bits per heavy atom. The third-order valence-corrected chi connectivity index (χ3v) is 6.69. The standard InChI is InChI=1S/C25H25FN4O2/c1-32-23(25-29-21-8-6-16(24(27)31)12-22(21)30-25)15-4-2-14(3-5-15)18-10-11-28-20-9-7-17(26)13-19(18)20/h6-15,23H,2-5H2,1H3,(H2,27,31)(H,29,30)/t14?,15?,23-/m1/s1. The Hall–Kier alpha value is -3.32. The SMILES string of the molecule is CO[C@@H](c1nc2ccc(C(N)=O)cc2[nH]1)C1CCC(c2ccnc3ccc(F)cc23)CC1. The maximum Gasteiger partial charge on any atom is 0.248 e. The number of nitrogens with one attached hydrogen (secondary N) is 1. The van der Waals surface area contributed by atoms with Crippen LogP contribution in [0.1, 0.15) is 59.5 Å². The number of nitrogens with two attached hydrogens (primary N) is 1. The number of methoxy groups -OCH3 is 1. The number of pyridine rings is 1. The number of nitrogens with zero attached hydrogens (tertiary/aromatic N) is 2. The van der Waals surface area contributed by atoms with Crippen LogP contribution in [0.2, 0.25) is 0 Å². The molecule has 2 aromatic carbocycles. The largest absolute Gasteiger partial charge is 0.373 e. The molecule has 7 heteroatoms. The summed E-state index contributed by atoms with van der Waals surface area (Å²) in [5.74, 6) is 0.753. The fraction of sp³-hybridized carbons (Fsp3) is 0.320. The van der Waals surface area contributed by atoms with Crippen LogP contribution in [0.5, 0.6) is 0 Å². The zero-order valence-corrected chi connectivity index (χ0v) is 17.8. The molecule has 2 aromatic heterocycles. The van der Waals surface area contributed by atoms with Crippen molar-refractivity contribution in [1.29, 1.82) is 0 Å². The van der Waals surface area contributed by atoms with Crippen LogP contribution in [0.15, 0.2) is 48.7 Å². The molecule has 0 bridgehead atoms. The molecule has 0 unspecified atom stereocenters. The number of amides is 1. The molecule has 2 heterocycles. The minimum Gasteiger partial charge on any atom is -0.373 e. The molecule has 5 rings (SSSR count). The summed E-state index contributed by atoms with van der Waals surface area (Å²) >= 11 is 0. The second kappa shape index (κ2) is 8.31. The van der Waals surface area contributed by atoms with Gasteiger partial charge >= 0.3 is 0 Å². The van der Waals surface area contributed by atoms with E-state index in [9.17, 15) is 9.18 Å². The highest BCUT2D eigenvalue weighted by molar-refractivity contribution is 5.96. The minimum absolute atomic E-state index is 0.160. The fourth-order valence-corrected chi connectivity index (χ4v) is 5.07. The van der Waals surface area contributed by atoms with E-state index in [1.54, 1.807) is 37.4 Å². The number of aromatic amines is 1. The minimum atomic E-state index is -0.465. The van der Waals surface area contributed by atoms with Crippen LogP contribution in [0.3, 0.4) is 0 Å². The lowest BCUT2D eigenvalue weighted by molar-refractivity contribution is 0.0274. The molecule has 32 heavy (non-hydrogen) atoms. The maximum absolute atomic E-state index is 13.9. The van der Waals surface area contributed by atoms with Gasteiger partial charge in [0.25, 0.3) is 0 Å². The van der Waals surface area contributed by atoms with Crippen LogP contribution in [0.4, 0.5) is 4.39 Å². The molecule has 0 aliphatic heterocycles. The number of H-pyrrole nitrogens is 1. The molecule has 6 nitrogen and oxygen atoms in total. The Labute approximate surface area is 185 Å². The molecule has 1 aliphatic rings. The highest BCUT2D eigenvalue weighted by Gasteiger charge is 2.31. The van der Waals surface area contributed by atoms with E-state index in [0.717, 1.165) is 53.4 Å². The summed E-state index contributed by atoms with van der Waals surface area (Å²) in [5, 5.41) is 0.904. The van der Waals surface area contributed by atoms with E-state index in [-0.39, 0.29) is 11.9 Å². The summed E-state index contributed by atoms with van der Waals surface area (Å²) in [6.07, 6.45) is 5.59. The quantitative estimate of drug-likeness (QED) is 0.463. The molecule has 1 saturated carbocycles. The zero-order chi connectivity index (χ0) is 22.2. The highest BCUT2D eigenvalue weighted by Crippen LogP contribution is 2.43. The number of primary amides is 1. The van der Waals surface area contributed by atoms with E-state index >= 15 is 0 Å². The van der Waals surface area contributed by atoms with Crippen LogP contribution < -0.4 is 5.73 Å². The monoisotopic (exact) mass is 432 g/mol. The van der Waals surface area contributed by atoms with Gasteiger partial charge in [-0.05, 0) is 85.5 Å². The van der Waals surface area contributed by atoms with Crippen LogP contribution in [-0.2, 0) is 4.74 Å². The molecule has 1 amide bonds. The molecular weight excluding hydrogens is 407 g/mol. The van der Waals surface area contributed by atoms with Gasteiger partial charge in [0.05, 0.1) is 16.6 Å². The lowest BCUT2D eigenvalue weighted by Gasteiger charge is -2.33. The van der Waals surface area contributed by atoms with Gasteiger partial charge in [0.1, 0.15) is 17.7 Å². The summed E-state index contributed by atoms with van der Waals surface area (Å²) in [6.45, 7) is 0. The first kappa shape index (κ1) is 20.6. The van der Waals surface area contributed by atoms with Gasteiger partial charge in [-0.1, -0.05) is 0 Å². The lowest BCUT2D eigenvalue weighted by Crippen LogP contribution is -2.22. The van der Waals surface area contributed by atoms with Crippen molar-refractivity contribution in [3.8, 4) is 0 Å². The van der Waals surface area contributed by atoms with Crippen molar-refractivity contribution in [2.45, 2.75) is 37.7 Å². The van der Waals surface area contributed by atoms with Crippen molar-refractivity contribution in [1.82, 2.24) is 15.0 Å². The van der Waals surface area contributed by atoms with E-state index in [2.05, 4.69) is 9.97 Å². The van der Waals surface area contributed by atoms with Gasteiger partial charge in [-0.25, -0.2) is 9.37 Å². The molecule has 3 N–H and O–H groups in total. The van der Waals surface area contributed by atoms with Crippen LogP contribution >= 0.6 is 0 Å². The van der Waals surface area contributed by atoms with Crippen molar-refractivity contribution >= 4 is 27.8 Å². The number of fused-ring (bicyclic) bond motifs is 2. The van der Waals surface area contributed by atoms with Crippen LogP contribution in [-0.4, -0.2) is 28.0 Å². The topological polar surface area (TPSA) is 93.9 Å². The zero-order valence-electron chi connectivity index (χ0n) is 17.8. The number of hydrogen-bond donors (Lipinski definition) is 2. The van der Waals surface area contributed by atoms with Gasteiger partial charge in [0.15, 0.2) is 0 Å². The number of carbonyl (C=O) groups is 1. The maximum atomic E-state index is 13.9. The van der Waals surface area contributed by atoms with E-state index in [0.29, 0.717) is 17.4 Å². The number of halogens is 1. The number of carbonyl (C=O) groups excluding carboxylic acids is 1. The molecule has 0 radical (unpaired) electrons. The number of rotatable bonds is 5. The predicted molar refractivity (Wildman–Crippen MR) is 121 cm³/mol. The Morgan fingerprint density at radius 1 is 1.12 bits per heavy atom. The van der Waals surface area contributed by atoms with Gasteiger partial charge in [-0.2, -0.15) is 0 Å². The van der Waals surface area contributed by atoms with Crippen molar-refractivity contribution in [3.63, 3.8) is 0 Å². The summed E-state index contributed by atoms with van der Waals surface area (Å²) in [6, 6.07) is 12.0. The third-order valence-electron chi connectivity index (χ3n) is 6.69. The second-order valence-corrected chi connectivity index (χ2v) is 8.55. The van der Waals surface area contributed by atoms with Gasteiger partial charge in [0, 0.05) is 24.3 Å². The summed E-state index contributed by atoms with van der Waals surface area (Å²) < 4.78 is 19.7. The van der Waals surface area contributed by atoms with Gasteiger partial charge in [0.2, 0.25) is 5.91 Å². The van der Waals surface area contributed by atoms with E-state index in [1.165, 1.54) is 11.6 Å². The Balaban J connectivity index is 1.36. The summed E-state index contributed by atoms with van der Waals surface area (Å²) in [7, 11) is 1.71. The molecule has 0 saturated heterocycles. The van der Waals surface area contributed by atoms with Gasteiger partial charge in [-0.15, -0.1) is 0 Å². The van der Waals surface area contributed by atoms with Crippen LogP contribution in [0, 0.1) is 11.7 Å². The smallest absolute Gasteiger partial charge is 0.248 e. The molecule has 1 aliphatic carbocycles. The number of ether oxygens (including phenoxy) is 1. The number of imidazole rings is 1. The Kier molecular flexibility index (Phi) is 5.35. The predicted octanol–water partition coefficient (Wildman–Crippen LogP) is 5.01. The number of aromatic nitrogens is 3. The van der Waals surface area contributed by atoms with Crippen molar-refractivity contribution in [2.24, 2.45) is 11.7 Å². The average molecular weight is 432 g/mol. The van der Waals surface area contributed by atoms with Crippen molar-refractivity contribution in [2.75, 3.05) is 7.11 Å². The molecule has 164 valence electrons. The first-order valence-corrected chi connectivity index (χ1v) is 10.9. The fourth-order valence-electron chi connectivity index (χ4n) is 5.07. The van der Waals surface area contributed by atoms with Crippen molar-refractivity contribution in [3.05, 3.63) is 71.4 Å². The third kappa shape index (κ3) is 3.73. The summed E-state index contributed by atoms with van der Waals surface area (Å²) in [4.78, 5) is 23.9. The molecular formula is C25H25FN4O2. The lowest BCUT2D eigenvalue weighted by atomic mass is 9.76. The second-order valence-electron chi connectivity index (χ2n) is 8.55.